The van der Waals surface area contributed by atoms with E-state index in [1.54, 1.807) is 0 Å². The van der Waals surface area contributed by atoms with Crippen molar-refractivity contribution in [2.24, 2.45) is 5.73 Å². The van der Waals surface area contributed by atoms with Crippen LogP contribution < -0.4 is 5.73 Å². The molecule has 0 aliphatic heterocycles. The normalized spacial score (nSPS) is 12.4. The minimum absolute atomic E-state index is 0.00686. The maximum absolute atomic E-state index is 6.08. The summed E-state index contributed by atoms with van der Waals surface area (Å²) >= 11 is 0. The molecule has 0 radical (unpaired) electrons. The van der Waals surface area contributed by atoms with E-state index >= 15 is 0 Å². The molecule has 2 N–H and O–H groups in total. The molecule has 1 unspecified atom stereocenters. The van der Waals surface area contributed by atoms with E-state index in [0.29, 0.717) is 66.0 Å². The molecule has 0 fully saturated rings. The standard InChI is InChI=1S/C27H57NO6/c1-3-5-7-9-11-13-16-32-25-27(34-17-14-12-10-8-6-4-2)26-33-24-23-31-22-21-30-20-19-29-18-15-28/h27H,3-26,28H2,1-2H3. The molecule has 34 heavy (non-hydrogen) atoms. The third-order valence-electron chi connectivity index (χ3n) is 5.48. The van der Waals surface area contributed by atoms with Gasteiger partial charge in [0.2, 0.25) is 0 Å². The van der Waals surface area contributed by atoms with Gasteiger partial charge in [0.05, 0.1) is 59.5 Å². The van der Waals surface area contributed by atoms with Crippen LogP contribution in [0.15, 0.2) is 0 Å². The summed E-state index contributed by atoms with van der Waals surface area (Å²) in [6.45, 7) is 11.7. The zero-order valence-corrected chi connectivity index (χ0v) is 22.6. The molecule has 0 saturated carbocycles. The minimum Gasteiger partial charge on any atom is -0.379 e. The molecule has 206 valence electrons. The summed E-state index contributed by atoms with van der Waals surface area (Å²) in [5, 5.41) is 0. The second-order valence-electron chi connectivity index (χ2n) is 8.80. The fourth-order valence-corrected chi connectivity index (χ4v) is 3.43. The van der Waals surface area contributed by atoms with Crippen LogP contribution in [-0.2, 0) is 28.4 Å². The first-order valence-electron chi connectivity index (χ1n) is 14.1. The number of rotatable bonds is 30. The Morgan fingerprint density at radius 1 is 0.441 bits per heavy atom. The molecule has 0 saturated heterocycles. The second-order valence-corrected chi connectivity index (χ2v) is 8.80. The quantitative estimate of drug-likeness (QED) is 0.139. The van der Waals surface area contributed by atoms with Gasteiger partial charge in [-0.1, -0.05) is 78.1 Å². The zero-order valence-electron chi connectivity index (χ0n) is 22.6. The van der Waals surface area contributed by atoms with Crippen LogP contribution in [0.25, 0.3) is 0 Å². The van der Waals surface area contributed by atoms with Crippen LogP contribution in [0.2, 0.25) is 0 Å². The molecule has 0 aliphatic carbocycles. The molecular weight excluding hydrogens is 434 g/mol. The van der Waals surface area contributed by atoms with Crippen molar-refractivity contribution in [2.45, 2.75) is 97.0 Å². The summed E-state index contributed by atoms with van der Waals surface area (Å²) in [5.74, 6) is 0. The van der Waals surface area contributed by atoms with E-state index in [-0.39, 0.29) is 6.10 Å². The third-order valence-corrected chi connectivity index (χ3v) is 5.48. The average molecular weight is 492 g/mol. The number of hydrogen-bond acceptors (Lipinski definition) is 7. The molecule has 7 nitrogen and oxygen atoms in total. The SMILES string of the molecule is CCCCCCCCOCC(COCCOCCOCCOCCN)OCCCCCCCC. The highest BCUT2D eigenvalue weighted by molar-refractivity contribution is 4.57. The van der Waals surface area contributed by atoms with E-state index in [0.717, 1.165) is 26.1 Å². The van der Waals surface area contributed by atoms with E-state index in [1.807, 2.05) is 0 Å². The maximum atomic E-state index is 6.08. The predicted octanol–water partition coefficient (Wildman–Crippen LogP) is 5.13. The summed E-state index contributed by atoms with van der Waals surface area (Å²) in [5.41, 5.74) is 5.36. The van der Waals surface area contributed by atoms with Crippen molar-refractivity contribution >= 4 is 0 Å². The monoisotopic (exact) mass is 491 g/mol. The number of hydrogen-bond donors (Lipinski definition) is 1. The van der Waals surface area contributed by atoms with Gasteiger partial charge in [0.25, 0.3) is 0 Å². The fraction of sp³-hybridized carbons (Fsp3) is 1.00. The van der Waals surface area contributed by atoms with Gasteiger partial charge < -0.3 is 34.2 Å². The van der Waals surface area contributed by atoms with Crippen LogP contribution in [0.4, 0.5) is 0 Å². The number of nitrogens with two attached hydrogens (primary N) is 1. The van der Waals surface area contributed by atoms with E-state index < -0.39 is 0 Å². The van der Waals surface area contributed by atoms with Gasteiger partial charge in [0.15, 0.2) is 0 Å². The summed E-state index contributed by atoms with van der Waals surface area (Å²) in [6.07, 6.45) is 15.3. The molecule has 0 aromatic carbocycles. The van der Waals surface area contributed by atoms with Crippen molar-refractivity contribution in [3.05, 3.63) is 0 Å². The van der Waals surface area contributed by atoms with Gasteiger partial charge in [0, 0.05) is 19.8 Å². The molecule has 0 amide bonds. The molecule has 1 atom stereocenters. The Bertz CT molecular complexity index is 362. The highest BCUT2D eigenvalue weighted by atomic mass is 16.6. The predicted molar refractivity (Wildman–Crippen MR) is 140 cm³/mol. The molecule has 7 heteroatoms. The van der Waals surface area contributed by atoms with Gasteiger partial charge in [-0.05, 0) is 12.8 Å². The molecule has 0 aromatic heterocycles. The lowest BCUT2D eigenvalue weighted by Gasteiger charge is -2.18. The Kier molecular flexibility index (Phi) is 30.5. The topological polar surface area (TPSA) is 81.4 Å². The van der Waals surface area contributed by atoms with Crippen molar-refractivity contribution in [3.8, 4) is 0 Å². The number of unbranched alkanes of at least 4 members (excludes halogenated alkanes) is 10. The Hall–Kier alpha value is -0.280. The van der Waals surface area contributed by atoms with Gasteiger partial charge in [-0.25, -0.2) is 0 Å². The van der Waals surface area contributed by atoms with Gasteiger partial charge in [-0.3, -0.25) is 0 Å². The van der Waals surface area contributed by atoms with E-state index in [1.165, 1.54) is 64.2 Å². The van der Waals surface area contributed by atoms with Crippen molar-refractivity contribution in [1.82, 2.24) is 0 Å². The van der Waals surface area contributed by atoms with E-state index in [4.69, 9.17) is 34.2 Å². The van der Waals surface area contributed by atoms with Crippen molar-refractivity contribution < 1.29 is 28.4 Å². The summed E-state index contributed by atoms with van der Waals surface area (Å²) in [6, 6.07) is 0. The molecule has 0 heterocycles. The number of ether oxygens (including phenoxy) is 6. The van der Waals surface area contributed by atoms with Crippen LogP contribution in [0.3, 0.4) is 0 Å². The third kappa shape index (κ3) is 28.0. The summed E-state index contributed by atoms with van der Waals surface area (Å²) in [7, 11) is 0. The molecule has 0 bridgehead atoms. The lowest BCUT2D eigenvalue weighted by molar-refractivity contribution is -0.0700. The second kappa shape index (κ2) is 30.8. The van der Waals surface area contributed by atoms with Gasteiger partial charge >= 0.3 is 0 Å². The molecule has 0 aromatic rings. The Morgan fingerprint density at radius 3 is 1.38 bits per heavy atom. The summed E-state index contributed by atoms with van der Waals surface area (Å²) < 4.78 is 34.0. The van der Waals surface area contributed by atoms with Crippen LogP contribution in [0.5, 0.6) is 0 Å². The van der Waals surface area contributed by atoms with Gasteiger partial charge in [0.1, 0.15) is 6.10 Å². The highest BCUT2D eigenvalue weighted by Crippen LogP contribution is 2.07. The smallest absolute Gasteiger partial charge is 0.104 e. The maximum Gasteiger partial charge on any atom is 0.104 e. The van der Waals surface area contributed by atoms with Crippen molar-refractivity contribution in [2.75, 3.05) is 79.2 Å². The Balaban J connectivity index is 3.79. The fourth-order valence-electron chi connectivity index (χ4n) is 3.43. The first-order chi connectivity index (χ1) is 16.8. The van der Waals surface area contributed by atoms with Crippen molar-refractivity contribution in [3.63, 3.8) is 0 Å². The average Bonchev–Trinajstić information content (AvgIpc) is 2.85. The minimum atomic E-state index is -0.00686. The lowest BCUT2D eigenvalue weighted by atomic mass is 10.1. The molecule has 0 aliphatic rings. The van der Waals surface area contributed by atoms with Gasteiger partial charge in [-0.2, -0.15) is 0 Å². The summed E-state index contributed by atoms with van der Waals surface area (Å²) in [4.78, 5) is 0. The van der Waals surface area contributed by atoms with E-state index in [9.17, 15) is 0 Å². The largest absolute Gasteiger partial charge is 0.379 e. The molecule has 0 rings (SSSR count). The van der Waals surface area contributed by atoms with Crippen LogP contribution >= 0.6 is 0 Å². The highest BCUT2D eigenvalue weighted by Gasteiger charge is 2.10. The Morgan fingerprint density at radius 2 is 0.853 bits per heavy atom. The zero-order chi connectivity index (χ0) is 24.8. The van der Waals surface area contributed by atoms with Crippen LogP contribution in [0.1, 0.15) is 90.9 Å². The first kappa shape index (κ1) is 33.7. The molecular formula is C27H57NO6. The van der Waals surface area contributed by atoms with Crippen LogP contribution in [0, 0.1) is 0 Å². The van der Waals surface area contributed by atoms with E-state index in [2.05, 4.69) is 13.8 Å². The van der Waals surface area contributed by atoms with Crippen LogP contribution in [-0.4, -0.2) is 85.3 Å². The first-order valence-corrected chi connectivity index (χ1v) is 14.1. The molecule has 0 spiro atoms. The van der Waals surface area contributed by atoms with Gasteiger partial charge in [-0.15, -0.1) is 0 Å². The Labute approximate surface area is 210 Å². The lowest BCUT2D eigenvalue weighted by Crippen LogP contribution is -2.27. The van der Waals surface area contributed by atoms with Crippen molar-refractivity contribution in [1.29, 1.82) is 0 Å².